The van der Waals surface area contributed by atoms with Gasteiger partial charge in [-0.1, -0.05) is 26.7 Å². The van der Waals surface area contributed by atoms with E-state index in [1.165, 1.54) is 19.3 Å². The normalized spacial score (nSPS) is 16.0. The Morgan fingerprint density at radius 1 is 1.33 bits per heavy atom. The fourth-order valence-electron chi connectivity index (χ4n) is 1.31. The average molecular weight is 173 g/mol. The van der Waals surface area contributed by atoms with Gasteiger partial charge < -0.3 is 10.4 Å². The molecule has 2 N–H and O–H groups in total. The third kappa shape index (κ3) is 5.56. The van der Waals surface area contributed by atoms with Gasteiger partial charge in [-0.25, -0.2) is 0 Å². The van der Waals surface area contributed by atoms with Crippen molar-refractivity contribution in [2.24, 2.45) is 0 Å². The lowest BCUT2D eigenvalue weighted by atomic mass is 10.1. The molecule has 0 rings (SSSR count). The van der Waals surface area contributed by atoms with Gasteiger partial charge in [0.05, 0.1) is 6.61 Å². The minimum absolute atomic E-state index is 0.239. The van der Waals surface area contributed by atoms with Gasteiger partial charge in [0, 0.05) is 12.1 Å². The van der Waals surface area contributed by atoms with E-state index in [2.05, 4.69) is 19.2 Å². The Balaban J connectivity index is 3.51. The third-order valence-electron chi connectivity index (χ3n) is 2.19. The van der Waals surface area contributed by atoms with E-state index in [0.717, 1.165) is 6.42 Å². The molecule has 0 saturated carbocycles. The predicted octanol–water partition coefficient (Wildman–Crippen LogP) is 1.93. The van der Waals surface area contributed by atoms with E-state index in [1.54, 1.807) is 0 Å². The summed E-state index contributed by atoms with van der Waals surface area (Å²) in [5.74, 6) is 0. The van der Waals surface area contributed by atoms with Crippen LogP contribution in [0.4, 0.5) is 0 Å². The first-order chi connectivity index (χ1) is 5.74. The molecule has 0 aromatic carbocycles. The van der Waals surface area contributed by atoms with Crippen LogP contribution in [0.15, 0.2) is 0 Å². The van der Waals surface area contributed by atoms with Crippen LogP contribution in [-0.2, 0) is 0 Å². The molecule has 0 aliphatic rings. The van der Waals surface area contributed by atoms with Gasteiger partial charge in [-0.15, -0.1) is 0 Å². The first-order valence-electron chi connectivity index (χ1n) is 5.11. The van der Waals surface area contributed by atoms with Gasteiger partial charge in [0.25, 0.3) is 0 Å². The van der Waals surface area contributed by atoms with Crippen molar-refractivity contribution < 1.29 is 5.11 Å². The predicted molar refractivity (Wildman–Crippen MR) is 53.3 cm³/mol. The molecule has 12 heavy (non-hydrogen) atoms. The van der Waals surface area contributed by atoms with Gasteiger partial charge in [-0.3, -0.25) is 0 Å². The molecule has 74 valence electrons. The molecule has 1 unspecified atom stereocenters. The van der Waals surface area contributed by atoms with Crippen molar-refractivity contribution in [1.82, 2.24) is 5.32 Å². The lowest BCUT2D eigenvalue weighted by Crippen LogP contribution is -2.38. The molecule has 0 aliphatic carbocycles. The van der Waals surface area contributed by atoms with Crippen LogP contribution in [0.2, 0.25) is 0 Å². The van der Waals surface area contributed by atoms with E-state index in [-0.39, 0.29) is 12.6 Å². The Bertz CT molecular complexity index is 95.8. The van der Waals surface area contributed by atoms with E-state index in [0.29, 0.717) is 6.04 Å². The van der Waals surface area contributed by atoms with Crippen LogP contribution in [0.25, 0.3) is 0 Å². The minimum atomic E-state index is 0.239. The lowest BCUT2D eigenvalue weighted by molar-refractivity contribution is 0.236. The number of aliphatic hydroxyl groups excluding tert-OH is 1. The number of aliphatic hydroxyl groups is 1. The Morgan fingerprint density at radius 3 is 2.42 bits per heavy atom. The number of hydrogen-bond acceptors (Lipinski definition) is 2. The molecule has 0 radical (unpaired) electrons. The fraction of sp³-hybridized carbons (Fsp3) is 1.00. The zero-order valence-corrected chi connectivity index (χ0v) is 8.64. The molecular weight excluding hydrogens is 150 g/mol. The number of nitrogens with one attached hydrogen (secondary N) is 1. The second-order valence-corrected chi connectivity index (χ2v) is 3.50. The maximum absolute atomic E-state index is 8.84. The SMILES string of the molecule is CCCCC(CC)N[C@H](C)CO. The number of hydrogen-bond donors (Lipinski definition) is 2. The summed E-state index contributed by atoms with van der Waals surface area (Å²) in [4.78, 5) is 0. The second-order valence-electron chi connectivity index (χ2n) is 3.50. The van der Waals surface area contributed by atoms with Crippen molar-refractivity contribution in [2.75, 3.05) is 6.61 Å². The van der Waals surface area contributed by atoms with E-state index in [1.807, 2.05) is 6.92 Å². The molecule has 0 amide bonds. The molecule has 0 heterocycles. The number of unbranched alkanes of at least 4 members (excludes halogenated alkanes) is 1. The average Bonchev–Trinajstić information content (AvgIpc) is 2.11. The largest absolute Gasteiger partial charge is 0.395 e. The van der Waals surface area contributed by atoms with Crippen LogP contribution < -0.4 is 5.32 Å². The quantitative estimate of drug-likeness (QED) is 0.616. The Hall–Kier alpha value is -0.0800. The second kappa shape index (κ2) is 7.56. The summed E-state index contributed by atoms with van der Waals surface area (Å²) in [6, 6.07) is 0.832. The summed E-state index contributed by atoms with van der Waals surface area (Å²) in [6.07, 6.45) is 4.93. The lowest BCUT2D eigenvalue weighted by Gasteiger charge is -2.20. The number of rotatable bonds is 7. The molecule has 2 atom stereocenters. The standard InChI is InChI=1S/C10H23NO/c1-4-6-7-10(5-2)11-9(3)8-12/h9-12H,4-8H2,1-3H3/t9-,10?/m1/s1. The highest BCUT2D eigenvalue weighted by Crippen LogP contribution is 2.04. The van der Waals surface area contributed by atoms with Crippen molar-refractivity contribution in [3.63, 3.8) is 0 Å². The summed E-state index contributed by atoms with van der Waals surface area (Å²) in [6.45, 7) is 6.66. The molecule has 0 aromatic heterocycles. The molecular formula is C10H23NO. The minimum Gasteiger partial charge on any atom is -0.395 e. The molecule has 0 fully saturated rings. The Morgan fingerprint density at radius 2 is 2.00 bits per heavy atom. The first-order valence-corrected chi connectivity index (χ1v) is 5.11. The van der Waals surface area contributed by atoms with Gasteiger partial charge in [0.15, 0.2) is 0 Å². The topological polar surface area (TPSA) is 32.3 Å². The summed E-state index contributed by atoms with van der Waals surface area (Å²) in [5.41, 5.74) is 0. The third-order valence-corrected chi connectivity index (χ3v) is 2.19. The zero-order chi connectivity index (χ0) is 9.40. The molecule has 0 bridgehead atoms. The van der Waals surface area contributed by atoms with Crippen LogP contribution in [-0.4, -0.2) is 23.8 Å². The van der Waals surface area contributed by atoms with Crippen LogP contribution >= 0.6 is 0 Å². The zero-order valence-electron chi connectivity index (χ0n) is 8.64. The highest BCUT2D eigenvalue weighted by Gasteiger charge is 2.07. The summed E-state index contributed by atoms with van der Waals surface area (Å²) >= 11 is 0. The van der Waals surface area contributed by atoms with Gasteiger partial charge in [-0.2, -0.15) is 0 Å². The molecule has 0 saturated heterocycles. The van der Waals surface area contributed by atoms with Crippen LogP contribution in [0.1, 0.15) is 46.5 Å². The van der Waals surface area contributed by atoms with Crippen molar-refractivity contribution in [1.29, 1.82) is 0 Å². The van der Waals surface area contributed by atoms with E-state index in [9.17, 15) is 0 Å². The Labute approximate surface area is 76.4 Å². The summed E-state index contributed by atoms with van der Waals surface area (Å²) in [7, 11) is 0. The van der Waals surface area contributed by atoms with Crippen molar-refractivity contribution in [3.05, 3.63) is 0 Å². The van der Waals surface area contributed by atoms with Crippen LogP contribution in [0.3, 0.4) is 0 Å². The van der Waals surface area contributed by atoms with E-state index >= 15 is 0 Å². The smallest absolute Gasteiger partial charge is 0.0582 e. The highest BCUT2D eigenvalue weighted by atomic mass is 16.3. The highest BCUT2D eigenvalue weighted by molar-refractivity contribution is 4.69. The maximum Gasteiger partial charge on any atom is 0.0582 e. The van der Waals surface area contributed by atoms with Crippen LogP contribution in [0.5, 0.6) is 0 Å². The molecule has 2 heteroatoms. The summed E-state index contributed by atoms with van der Waals surface area (Å²) in [5, 5.41) is 12.2. The van der Waals surface area contributed by atoms with E-state index < -0.39 is 0 Å². The van der Waals surface area contributed by atoms with Gasteiger partial charge in [-0.05, 0) is 19.8 Å². The monoisotopic (exact) mass is 173 g/mol. The first kappa shape index (κ1) is 11.9. The van der Waals surface area contributed by atoms with Crippen LogP contribution in [0, 0.1) is 0 Å². The molecule has 2 nitrogen and oxygen atoms in total. The fourth-order valence-corrected chi connectivity index (χ4v) is 1.31. The summed E-state index contributed by atoms with van der Waals surface area (Å²) < 4.78 is 0. The van der Waals surface area contributed by atoms with Crippen molar-refractivity contribution >= 4 is 0 Å². The van der Waals surface area contributed by atoms with Gasteiger partial charge >= 0.3 is 0 Å². The van der Waals surface area contributed by atoms with Crippen molar-refractivity contribution in [3.8, 4) is 0 Å². The van der Waals surface area contributed by atoms with Crippen molar-refractivity contribution in [2.45, 2.75) is 58.5 Å². The Kier molecular flexibility index (Phi) is 7.51. The molecule has 0 aliphatic heterocycles. The van der Waals surface area contributed by atoms with Gasteiger partial charge in [0.1, 0.15) is 0 Å². The molecule has 0 spiro atoms. The van der Waals surface area contributed by atoms with Gasteiger partial charge in [0.2, 0.25) is 0 Å². The molecule has 0 aromatic rings. The van der Waals surface area contributed by atoms with E-state index in [4.69, 9.17) is 5.11 Å². The maximum atomic E-state index is 8.84.